The Balaban J connectivity index is 0.00000312. The van der Waals surface area contributed by atoms with Gasteiger partial charge in [-0.05, 0) is 32.4 Å². The summed E-state index contributed by atoms with van der Waals surface area (Å²) in [4.78, 5) is 14.2. The molecule has 1 heterocycles. The van der Waals surface area contributed by atoms with Gasteiger partial charge in [-0.3, -0.25) is 4.79 Å². The van der Waals surface area contributed by atoms with Crippen molar-refractivity contribution in [1.29, 1.82) is 0 Å². The Morgan fingerprint density at radius 1 is 1.16 bits per heavy atom. The molecule has 1 aromatic rings. The Labute approximate surface area is 157 Å². The van der Waals surface area contributed by atoms with Crippen molar-refractivity contribution in [2.24, 2.45) is 0 Å². The first-order chi connectivity index (χ1) is 11.7. The standard InChI is InChI=1S/C19H30N2O3.ClH/c1-4-7-8-11-16(21(5-2)6-3)19(22)20-15-10-9-12-17-18(15)24-14-13-23-17;/h9-10,12,16H,4-8,11,13-14H2,1-3H3,(H,20,22);1H. The predicted molar refractivity (Wildman–Crippen MR) is 96.0 cm³/mol. The van der Waals surface area contributed by atoms with Crippen molar-refractivity contribution >= 4 is 11.6 Å². The maximum absolute atomic E-state index is 12.9. The zero-order valence-electron chi connectivity index (χ0n) is 15.6. The van der Waals surface area contributed by atoms with Crippen LogP contribution in [-0.2, 0) is 4.79 Å². The van der Waals surface area contributed by atoms with Crippen molar-refractivity contribution in [3.8, 4) is 11.5 Å². The zero-order chi connectivity index (χ0) is 17.4. The van der Waals surface area contributed by atoms with Crippen molar-refractivity contribution < 1.29 is 31.6 Å². The molecule has 0 radical (unpaired) electrons. The first-order valence-corrected chi connectivity index (χ1v) is 9.25. The number of ether oxygens (including phenoxy) is 2. The van der Waals surface area contributed by atoms with Crippen molar-refractivity contribution in [1.82, 2.24) is 0 Å². The molecule has 2 N–H and O–H groups in total. The highest BCUT2D eigenvalue weighted by molar-refractivity contribution is 5.95. The van der Waals surface area contributed by atoms with Gasteiger partial charge in [-0.15, -0.1) is 0 Å². The van der Waals surface area contributed by atoms with Crippen LogP contribution in [0.2, 0.25) is 0 Å². The fourth-order valence-electron chi connectivity index (χ4n) is 3.25. The van der Waals surface area contributed by atoms with E-state index in [0.29, 0.717) is 30.4 Å². The van der Waals surface area contributed by atoms with E-state index in [0.717, 1.165) is 25.9 Å². The second-order valence-electron chi connectivity index (χ2n) is 6.23. The summed E-state index contributed by atoms with van der Waals surface area (Å²) in [5.74, 6) is 1.43. The van der Waals surface area contributed by atoms with E-state index in [2.05, 4.69) is 26.1 Å². The van der Waals surface area contributed by atoms with E-state index >= 15 is 0 Å². The Morgan fingerprint density at radius 3 is 2.56 bits per heavy atom. The molecule has 142 valence electrons. The first kappa shape index (κ1) is 21.6. The fraction of sp³-hybridized carbons (Fsp3) is 0.632. The average Bonchev–Trinajstić information content (AvgIpc) is 2.61. The van der Waals surface area contributed by atoms with Crippen LogP contribution in [0.25, 0.3) is 0 Å². The number of quaternary nitrogens is 1. The Bertz CT molecular complexity index is 535. The lowest BCUT2D eigenvalue weighted by molar-refractivity contribution is -0.912. The lowest BCUT2D eigenvalue weighted by Crippen LogP contribution is -3.16. The second kappa shape index (κ2) is 11.2. The van der Waals surface area contributed by atoms with Crippen molar-refractivity contribution in [3.05, 3.63) is 18.2 Å². The summed E-state index contributed by atoms with van der Waals surface area (Å²) < 4.78 is 11.3. The maximum Gasteiger partial charge on any atom is 0.282 e. The molecular weight excluding hydrogens is 340 g/mol. The van der Waals surface area contributed by atoms with E-state index in [1.807, 2.05) is 18.2 Å². The largest absolute Gasteiger partial charge is 1.00 e. The molecule has 0 saturated carbocycles. The highest BCUT2D eigenvalue weighted by atomic mass is 35.5. The van der Waals surface area contributed by atoms with Crippen LogP contribution in [0.15, 0.2) is 18.2 Å². The van der Waals surface area contributed by atoms with Crippen LogP contribution in [0.5, 0.6) is 11.5 Å². The van der Waals surface area contributed by atoms with Crippen LogP contribution in [0.4, 0.5) is 5.69 Å². The van der Waals surface area contributed by atoms with E-state index in [-0.39, 0.29) is 24.4 Å². The number of halogens is 1. The molecule has 0 spiro atoms. The van der Waals surface area contributed by atoms with Gasteiger partial charge in [-0.2, -0.15) is 0 Å². The van der Waals surface area contributed by atoms with E-state index in [4.69, 9.17) is 9.47 Å². The Kier molecular flexibility index (Phi) is 9.68. The molecule has 1 unspecified atom stereocenters. The van der Waals surface area contributed by atoms with Gasteiger partial charge in [-0.1, -0.05) is 25.8 Å². The van der Waals surface area contributed by atoms with Crippen molar-refractivity contribution in [3.63, 3.8) is 0 Å². The number of hydrogen-bond acceptors (Lipinski definition) is 3. The van der Waals surface area contributed by atoms with Crippen LogP contribution in [0, 0.1) is 0 Å². The molecule has 1 aliphatic rings. The van der Waals surface area contributed by atoms with Crippen LogP contribution < -0.4 is 32.1 Å². The van der Waals surface area contributed by atoms with Gasteiger partial charge in [0, 0.05) is 6.42 Å². The molecule has 0 aliphatic carbocycles. The summed E-state index contributed by atoms with van der Waals surface area (Å²) in [5, 5.41) is 3.08. The van der Waals surface area contributed by atoms with Gasteiger partial charge < -0.3 is 32.1 Å². The Morgan fingerprint density at radius 2 is 1.88 bits per heavy atom. The number of benzene rings is 1. The first-order valence-electron chi connectivity index (χ1n) is 9.25. The fourth-order valence-corrected chi connectivity index (χ4v) is 3.25. The summed E-state index contributed by atoms with van der Waals surface area (Å²) in [7, 11) is 0. The number of amides is 1. The smallest absolute Gasteiger partial charge is 0.282 e. The third-order valence-corrected chi connectivity index (χ3v) is 4.64. The third-order valence-electron chi connectivity index (χ3n) is 4.64. The number of carbonyl (C=O) groups is 1. The van der Waals surface area contributed by atoms with E-state index in [1.165, 1.54) is 17.7 Å². The number of para-hydroxylation sites is 1. The molecule has 2 rings (SSSR count). The number of unbranched alkanes of at least 4 members (excludes halogenated alkanes) is 2. The molecule has 0 bridgehead atoms. The number of anilines is 1. The molecule has 5 nitrogen and oxygen atoms in total. The highest BCUT2D eigenvalue weighted by Crippen LogP contribution is 2.37. The molecule has 6 heteroatoms. The van der Waals surface area contributed by atoms with Crippen molar-refractivity contribution in [2.45, 2.75) is 52.5 Å². The summed E-state index contributed by atoms with van der Waals surface area (Å²) in [6.45, 7) is 9.43. The SMILES string of the molecule is CCCCCC(C(=O)Nc1cccc2c1OCCO2)[NH+](CC)CC.[Cl-]. The molecular formula is C19H31ClN2O3. The summed E-state index contributed by atoms with van der Waals surface area (Å²) in [5.41, 5.74) is 0.712. The zero-order valence-corrected chi connectivity index (χ0v) is 16.3. The molecule has 1 atom stereocenters. The summed E-state index contributed by atoms with van der Waals surface area (Å²) in [6.07, 6.45) is 4.34. The van der Waals surface area contributed by atoms with Gasteiger partial charge in [0.25, 0.3) is 5.91 Å². The van der Waals surface area contributed by atoms with Gasteiger partial charge in [0.05, 0.1) is 18.8 Å². The quantitative estimate of drug-likeness (QED) is 0.564. The lowest BCUT2D eigenvalue weighted by Gasteiger charge is -2.27. The maximum atomic E-state index is 12.9. The number of fused-ring (bicyclic) bond motifs is 1. The van der Waals surface area contributed by atoms with Crippen LogP contribution in [0.3, 0.4) is 0 Å². The number of carbonyl (C=O) groups excluding carboxylic acids is 1. The van der Waals surface area contributed by atoms with Gasteiger partial charge >= 0.3 is 0 Å². The normalized spacial score (nSPS) is 13.9. The molecule has 1 aliphatic heterocycles. The monoisotopic (exact) mass is 370 g/mol. The molecule has 0 fully saturated rings. The topological polar surface area (TPSA) is 52.0 Å². The van der Waals surface area contributed by atoms with Gasteiger partial charge in [-0.25, -0.2) is 0 Å². The third kappa shape index (κ3) is 5.79. The van der Waals surface area contributed by atoms with Gasteiger partial charge in [0.15, 0.2) is 17.5 Å². The number of likely N-dealkylation sites (N-methyl/N-ethyl adjacent to an activating group) is 1. The molecule has 0 aromatic heterocycles. The predicted octanol–water partition coefficient (Wildman–Crippen LogP) is -0.726. The molecule has 1 amide bonds. The van der Waals surface area contributed by atoms with Crippen LogP contribution in [0.1, 0.15) is 46.5 Å². The molecule has 0 saturated heterocycles. The second-order valence-corrected chi connectivity index (χ2v) is 6.23. The van der Waals surface area contributed by atoms with E-state index in [9.17, 15) is 4.79 Å². The molecule has 1 aromatic carbocycles. The van der Waals surface area contributed by atoms with E-state index in [1.54, 1.807) is 0 Å². The number of nitrogens with one attached hydrogen (secondary N) is 2. The lowest BCUT2D eigenvalue weighted by atomic mass is 10.1. The Hall–Kier alpha value is -1.46. The number of hydrogen-bond donors (Lipinski definition) is 2. The van der Waals surface area contributed by atoms with Gasteiger partial charge in [0.1, 0.15) is 13.2 Å². The minimum Gasteiger partial charge on any atom is -1.00 e. The highest BCUT2D eigenvalue weighted by Gasteiger charge is 2.28. The summed E-state index contributed by atoms with van der Waals surface area (Å²) in [6, 6.07) is 5.62. The van der Waals surface area contributed by atoms with Crippen LogP contribution >= 0.6 is 0 Å². The molecule has 25 heavy (non-hydrogen) atoms. The minimum atomic E-state index is -0.0214. The summed E-state index contributed by atoms with van der Waals surface area (Å²) >= 11 is 0. The average molecular weight is 371 g/mol. The minimum absolute atomic E-state index is 0. The van der Waals surface area contributed by atoms with Crippen molar-refractivity contribution in [2.75, 3.05) is 31.6 Å². The van der Waals surface area contributed by atoms with Gasteiger partial charge in [0.2, 0.25) is 0 Å². The van der Waals surface area contributed by atoms with E-state index < -0.39 is 0 Å². The number of rotatable bonds is 9. The van der Waals surface area contributed by atoms with Crippen LogP contribution in [-0.4, -0.2) is 38.3 Å².